The minimum Gasteiger partial charge on any atom is -0.497 e. The number of hydrogen-bond acceptors (Lipinski definition) is 4. The molecule has 0 radical (unpaired) electrons. The molecule has 3 aromatic rings. The van der Waals surface area contributed by atoms with Gasteiger partial charge in [0.2, 0.25) is 0 Å². The molecule has 0 spiro atoms. The maximum Gasteiger partial charge on any atom is 0.118 e. The van der Waals surface area contributed by atoms with Crippen molar-refractivity contribution >= 4 is 11.3 Å². The first kappa shape index (κ1) is 14.8. The van der Waals surface area contributed by atoms with Crippen LogP contribution in [0.2, 0.25) is 0 Å². The van der Waals surface area contributed by atoms with Crippen LogP contribution in [0, 0.1) is 0 Å². The lowest BCUT2D eigenvalue weighted by Gasteiger charge is -2.06. The second-order valence-electron chi connectivity index (χ2n) is 5.02. The molecule has 0 bridgehead atoms. The molecule has 1 aromatic carbocycles. The second kappa shape index (κ2) is 7.24. The van der Waals surface area contributed by atoms with Crippen LogP contribution >= 0.6 is 11.3 Å². The van der Waals surface area contributed by atoms with Crippen molar-refractivity contribution in [3.05, 3.63) is 59.1 Å². The quantitative estimate of drug-likeness (QED) is 0.657. The van der Waals surface area contributed by atoms with E-state index >= 15 is 0 Å². The molecule has 114 valence electrons. The molecule has 4 nitrogen and oxygen atoms in total. The fourth-order valence-electron chi connectivity index (χ4n) is 2.33. The molecule has 2 aromatic heterocycles. The lowest BCUT2D eigenvalue weighted by molar-refractivity contribution is 0.414. The highest BCUT2D eigenvalue weighted by Crippen LogP contribution is 2.25. The summed E-state index contributed by atoms with van der Waals surface area (Å²) >= 11 is 1.72. The maximum atomic E-state index is 5.17. The van der Waals surface area contributed by atoms with E-state index in [9.17, 15) is 0 Å². The van der Waals surface area contributed by atoms with Crippen molar-refractivity contribution in [1.82, 2.24) is 15.5 Å². The highest BCUT2D eigenvalue weighted by Gasteiger charge is 2.07. The highest BCUT2D eigenvalue weighted by atomic mass is 32.1. The summed E-state index contributed by atoms with van der Waals surface area (Å²) in [6.45, 7) is 1.75. The zero-order chi connectivity index (χ0) is 15.2. The molecule has 2 heterocycles. The summed E-state index contributed by atoms with van der Waals surface area (Å²) in [6.07, 6.45) is 2.89. The summed E-state index contributed by atoms with van der Waals surface area (Å²) in [4.78, 5) is 1.23. The Bertz CT molecular complexity index is 689. The van der Waals surface area contributed by atoms with E-state index in [1.807, 2.05) is 18.3 Å². The number of nitrogens with one attached hydrogen (secondary N) is 2. The number of H-pyrrole nitrogens is 1. The normalized spacial score (nSPS) is 10.8. The molecular weight excluding hydrogens is 294 g/mol. The third-order valence-corrected chi connectivity index (χ3v) is 4.44. The van der Waals surface area contributed by atoms with Gasteiger partial charge in [-0.1, -0.05) is 18.2 Å². The Morgan fingerprint density at radius 1 is 1.23 bits per heavy atom. The monoisotopic (exact) mass is 313 g/mol. The van der Waals surface area contributed by atoms with Crippen molar-refractivity contribution in [2.75, 3.05) is 13.7 Å². The van der Waals surface area contributed by atoms with Gasteiger partial charge in [-0.2, -0.15) is 5.10 Å². The summed E-state index contributed by atoms with van der Waals surface area (Å²) in [5.74, 6) is 0.899. The van der Waals surface area contributed by atoms with Crippen LogP contribution in [0.25, 0.3) is 10.6 Å². The van der Waals surface area contributed by atoms with E-state index in [2.05, 4.69) is 45.2 Å². The molecule has 0 amide bonds. The van der Waals surface area contributed by atoms with Gasteiger partial charge in [0.1, 0.15) is 5.75 Å². The van der Waals surface area contributed by atoms with Crippen LogP contribution in [0.4, 0.5) is 0 Å². The molecular formula is C17H19N3OS. The number of benzene rings is 1. The largest absolute Gasteiger partial charge is 0.497 e. The van der Waals surface area contributed by atoms with Crippen LogP contribution in [0.15, 0.2) is 48.0 Å². The van der Waals surface area contributed by atoms with Crippen molar-refractivity contribution in [2.45, 2.75) is 13.0 Å². The molecule has 0 fully saturated rings. The fraction of sp³-hybridized carbons (Fsp3) is 0.235. The molecule has 2 N–H and O–H groups in total. The average Bonchev–Trinajstić information content (AvgIpc) is 3.23. The topological polar surface area (TPSA) is 49.9 Å². The predicted molar refractivity (Wildman–Crippen MR) is 90.3 cm³/mol. The Morgan fingerprint density at radius 3 is 2.82 bits per heavy atom. The Labute approximate surface area is 134 Å². The molecule has 0 saturated carbocycles. The van der Waals surface area contributed by atoms with Gasteiger partial charge in [0.05, 0.1) is 23.9 Å². The van der Waals surface area contributed by atoms with E-state index in [1.165, 1.54) is 16.0 Å². The first-order valence-corrected chi connectivity index (χ1v) is 8.14. The Balaban J connectivity index is 1.50. The van der Waals surface area contributed by atoms with Gasteiger partial charge in [-0.3, -0.25) is 5.10 Å². The average molecular weight is 313 g/mol. The molecule has 0 aliphatic heterocycles. The Morgan fingerprint density at radius 2 is 2.09 bits per heavy atom. The van der Waals surface area contributed by atoms with Gasteiger partial charge in [-0.25, -0.2) is 0 Å². The lowest BCUT2D eigenvalue weighted by atomic mass is 10.1. The van der Waals surface area contributed by atoms with Crippen LogP contribution in [0.5, 0.6) is 5.75 Å². The van der Waals surface area contributed by atoms with Crippen molar-refractivity contribution in [1.29, 1.82) is 0 Å². The van der Waals surface area contributed by atoms with E-state index in [0.29, 0.717) is 0 Å². The Hall–Kier alpha value is -2.11. The third-order valence-electron chi connectivity index (χ3n) is 3.55. The summed E-state index contributed by atoms with van der Waals surface area (Å²) < 4.78 is 5.17. The van der Waals surface area contributed by atoms with E-state index in [0.717, 1.165) is 31.0 Å². The van der Waals surface area contributed by atoms with E-state index in [-0.39, 0.29) is 0 Å². The highest BCUT2D eigenvalue weighted by molar-refractivity contribution is 7.13. The molecule has 5 heteroatoms. The number of ether oxygens (including phenoxy) is 1. The first-order valence-electron chi connectivity index (χ1n) is 7.26. The lowest BCUT2D eigenvalue weighted by Crippen LogP contribution is -2.16. The standard InChI is InChI=1S/C17H19N3OS/c1-21-15-6-4-13(5-7-15)8-9-18-11-14-12-19-20-17(14)16-3-2-10-22-16/h2-7,10,12,18H,8-9,11H2,1H3,(H,19,20). The molecule has 0 aliphatic carbocycles. The van der Waals surface area contributed by atoms with Crippen molar-refractivity contribution in [2.24, 2.45) is 0 Å². The van der Waals surface area contributed by atoms with Gasteiger partial charge >= 0.3 is 0 Å². The van der Waals surface area contributed by atoms with E-state index < -0.39 is 0 Å². The van der Waals surface area contributed by atoms with Gasteiger partial charge in [-0.15, -0.1) is 11.3 Å². The first-order chi connectivity index (χ1) is 10.9. The summed E-state index contributed by atoms with van der Waals surface area (Å²) in [5.41, 5.74) is 3.63. The van der Waals surface area contributed by atoms with Crippen LogP contribution < -0.4 is 10.1 Å². The zero-order valence-electron chi connectivity index (χ0n) is 12.5. The van der Waals surface area contributed by atoms with Crippen molar-refractivity contribution in [3.8, 4) is 16.3 Å². The zero-order valence-corrected chi connectivity index (χ0v) is 13.3. The number of methoxy groups -OCH3 is 1. The number of nitrogens with zero attached hydrogens (tertiary/aromatic N) is 1. The number of aromatic nitrogens is 2. The van der Waals surface area contributed by atoms with Gasteiger partial charge in [0.25, 0.3) is 0 Å². The van der Waals surface area contributed by atoms with Gasteiger partial charge in [0.15, 0.2) is 0 Å². The molecule has 3 rings (SSSR count). The van der Waals surface area contributed by atoms with Crippen LogP contribution in [0.1, 0.15) is 11.1 Å². The van der Waals surface area contributed by atoms with E-state index in [1.54, 1.807) is 18.4 Å². The van der Waals surface area contributed by atoms with Crippen LogP contribution in [0.3, 0.4) is 0 Å². The number of aromatic amines is 1. The molecule has 0 unspecified atom stereocenters. The third kappa shape index (κ3) is 3.55. The Kier molecular flexibility index (Phi) is 4.88. The SMILES string of the molecule is COc1ccc(CCNCc2cn[nH]c2-c2cccs2)cc1. The minimum absolute atomic E-state index is 0.819. The van der Waals surface area contributed by atoms with Crippen molar-refractivity contribution in [3.63, 3.8) is 0 Å². The van der Waals surface area contributed by atoms with Gasteiger partial charge < -0.3 is 10.1 Å². The second-order valence-corrected chi connectivity index (χ2v) is 5.97. The molecule has 22 heavy (non-hydrogen) atoms. The fourth-order valence-corrected chi connectivity index (χ4v) is 3.08. The summed E-state index contributed by atoms with van der Waals surface area (Å²) in [6, 6.07) is 12.4. The number of hydrogen-bond donors (Lipinski definition) is 2. The van der Waals surface area contributed by atoms with Gasteiger partial charge in [0, 0.05) is 12.1 Å². The number of thiophene rings is 1. The maximum absolute atomic E-state index is 5.17. The number of rotatable bonds is 7. The molecule has 0 atom stereocenters. The van der Waals surface area contributed by atoms with Gasteiger partial charge in [-0.05, 0) is 42.1 Å². The van der Waals surface area contributed by atoms with E-state index in [4.69, 9.17) is 4.74 Å². The summed E-state index contributed by atoms with van der Waals surface area (Å²) in [5, 5.41) is 12.8. The minimum atomic E-state index is 0.819. The van der Waals surface area contributed by atoms with Crippen molar-refractivity contribution < 1.29 is 4.74 Å². The molecule has 0 aliphatic rings. The summed E-state index contributed by atoms with van der Waals surface area (Å²) in [7, 11) is 1.69. The van der Waals surface area contributed by atoms with Crippen LogP contribution in [-0.2, 0) is 13.0 Å². The molecule has 0 saturated heterocycles. The smallest absolute Gasteiger partial charge is 0.118 e. The predicted octanol–water partition coefficient (Wildman–Crippen LogP) is 3.48. The van der Waals surface area contributed by atoms with Crippen LogP contribution in [-0.4, -0.2) is 23.9 Å².